The Morgan fingerprint density at radius 1 is 0.833 bits per heavy atom. The number of rotatable bonds is 3. The molecule has 0 bridgehead atoms. The highest BCUT2D eigenvalue weighted by Crippen LogP contribution is 2.13. The summed E-state index contributed by atoms with van der Waals surface area (Å²) in [5.74, 6) is 0.244. The van der Waals surface area contributed by atoms with Gasteiger partial charge in [-0.05, 0) is 43.5 Å². The first-order valence-corrected chi connectivity index (χ1v) is 8.33. The smallest absolute Gasteiger partial charge is 0.293 e. The van der Waals surface area contributed by atoms with Gasteiger partial charge in [-0.1, -0.05) is 36.4 Å². The molecule has 5 nitrogen and oxygen atoms in total. The SMILES string of the molecule is O=C(Nc1ccccc1)/C(=N\Nc1ccccc1)N1CCCCC1. The minimum absolute atomic E-state index is 0.188. The number of nitrogens with zero attached hydrogens (tertiary/aromatic N) is 2. The molecule has 0 atom stereocenters. The number of likely N-dealkylation sites (tertiary alicyclic amines) is 1. The van der Waals surface area contributed by atoms with Crippen molar-refractivity contribution in [1.29, 1.82) is 0 Å². The molecule has 0 saturated carbocycles. The van der Waals surface area contributed by atoms with E-state index >= 15 is 0 Å². The summed E-state index contributed by atoms with van der Waals surface area (Å²) in [6.07, 6.45) is 3.38. The second-order valence-corrected chi connectivity index (χ2v) is 5.78. The van der Waals surface area contributed by atoms with Crippen molar-refractivity contribution in [2.24, 2.45) is 5.10 Å². The lowest BCUT2D eigenvalue weighted by molar-refractivity contribution is -0.111. The van der Waals surface area contributed by atoms with Crippen molar-refractivity contribution >= 4 is 23.1 Å². The van der Waals surface area contributed by atoms with Crippen molar-refractivity contribution in [3.05, 3.63) is 60.7 Å². The van der Waals surface area contributed by atoms with Gasteiger partial charge < -0.3 is 10.2 Å². The summed E-state index contributed by atoms with van der Waals surface area (Å²) in [5, 5.41) is 7.32. The van der Waals surface area contributed by atoms with Crippen molar-refractivity contribution in [2.75, 3.05) is 23.8 Å². The molecule has 2 aromatic carbocycles. The molecule has 1 aliphatic heterocycles. The van der Waals surface area contributed by atoms with Gasteiger partial charge in [0.15, 0.2) is 0 Å². The number of amidine groups is 1. The number of amides is 1. The van der Waals surface area contributed by atoms with E-state index in [-0.39, 0.29) is 5.91 Å². The number of para-hydroxylation sites is 2. The van der Waals surface area contributed by atoms with Crippen LogP contribution in [0.5, 0.6) is 0 Å². The van der Waals surface area contributed by atoms with Gasteiger partial charge in [-0.15, -0.1) is 0 Å². The minimum atomic E-state index is -0.188. The van der Waals surface area contributed by atoms with E-state index < -0.39 is 0 Å². The number of hydrogen-bond donors (Lipinski definition) is 2. The van der Waals surface area contributed by atoms with Gasteiger partial charge in [0.05, 0.1) is 5.69 Å². The van der Waals surface area contributed by atoms with E-state index in [2.05, 4.69) is 20.7 Å². The highest BCUT2D eigenvalue weighted by molar-refractivity contribution is 6.42. The van der Waals surface area contributed by atoms with Crippen LogP contribution >= 0.6 is 0 Å². The average Bonchev–Trinajstić information content (AvgIpc) is 2.64. The number of anilines is 2. The molecule has 2 aromatic rings. The standard InChI is InChI=1S/C19H22N4O/c24-19(20-16-10-4-1-5-11-16)18(23-14-8-3-9-15-23)22-21-17-12-6-2-7-13-17/h1-2,4-7,10-13,21H,3,8-9,14-15H2,(H,20,24)/b22-18+. The van der Waals surface area contributed by atoms with Crippen LogP contribution in [0.3, 0.4) is 0 Å². The molecule has 124 valence electrons. The molecule has 0 spiro atoms. The zero-order valence-corrected chi connectivity index (χ0v) is 13.6. The predicted molar refractivity (Wildman–Crippen MR) is 98.0 cm³/mol. The fraction of sp³-hybridized carbons (Fsp3) is 0.263. The third-order valence-corrected chi connectivity index (χ3v) is 3.96. The Bertz CT molecular complexity index is 679. The molecular formula is C19H22N4O. The first-order chi connectivity index (χ1) is 11.8. The monoisotopic (exact) mass is 322 g/mol. The molecule has 1 saturated heterocycles. The van der Waals surface area contributed by atoms with E-state index in [0.717, 1.165) is 37.3 Å². The second-order valence-electron chi connectivity index (χ2n) is 5.78. The van der Waals surface area contributed by atoms with E-state index in [0.29, 0.717) is 5.84 Å². The van der Waals surface area contributed by atoms with E-state index in [9.17, 15) is 4.79 Å². The molecule has 0 unspecified atom stereocenters. The maximum atomic E-state index is 12.7. The Balaban J connectivity index is 1.77. The van der Waals surface area contributed by atoms with Crippen LogP contribution in [0.4, 0.5) is 11.4 Å². The molecule has 0 radical (unpaired) electrons. The van der Waals surface area contributed by atoms with Gasteiger partial charge in [-0.25, -0.2) is 0 Å². The first-order valence-electron chi connectivity index (χ1n) is 8.33. The lowest BCUT2D eigenvalue weighted by atomic mass is 10.1. The number of hydrogen-bond acceptors (Lipinski definition) is 3. The van der Waals surface area contributed by atoms with Crippen LogP contribution in [0.2, 0.25) is 0 Å². The van der Waals surface area contributed by atoms with Crippen LogP contribution in [-0.4, -0.2) is 29.7 Å². The van der Waals surface area contributed by atoms with Crippen molar-refractivity contribution in [2.45, 2.75) is 19.3 Å². The number of piperidine rings is 1. The molecule has 0 aromatic heterocycles. The summed E-state index contributed by atoms with van der Waals surface area (Å²) in [7, 11) is 0. The van der Waals surface area contributed by atoms with Crippen LogP contribution in [0.15, 0.2) is 65.8 Å². The maximum absolute atomic E-state index is 12.7. The van der Waals surface area contributed by atoms with E-state index in [4.69, 9.17) is 0 Å². The Labute approximate surface area is 142 Å². The van der Waals surface area contributed by atoms with Crippen molar-refractivity contribution < 1.29 is 4.79 Å². The van der Waals surface area contributed by atoms with E-state index in [1.807, 2.05) is 60.7 Å². The molecule has 24 heavy (non-hydrogen) atoms. The van der Waals surface area contributed by atoms with Crippen molar-refractivity contribution in [1.82, 2.24) is 4.90 Å². The zero-order chi connectivity index (χ0) is 16.6. The number of carbonyl (C=O) groups excluding carboxylic acids is 1. The highest BCUT2D eigenvalue weighted by atomic mass is 16.2. The van der Waals surface area contributed by atoms with Crippen LogP contribution in [0, 0.1) is 0 Å². The number of benzene rings is 2. The normalized spacial score (nSPS) is 15.0. The van der Waals surface area contributed by atoms with E-state index in [1.165, 1.54) is 6.42 Å². The van der Waals surface area contributed by atoms with Crippen LogP contribution in [-0.2, 0) is 4.79 Å². The summed E-state index contributed by atoms with van der Waals surface area (Å²) >= 11 is 0. The summed E-state index contributed by atoms with van der Waals surface area (Å²) in [4.78, 5) is 14.8. The lowest BCUT2D eigenvalue weighted by Gasteiger charge is -2.28. The molecular weight excluding hydrogens is 300 g/mol. The summed E-state index contributed by atoms with van der Waals surface area (Å²) in [5.41, 5.74) is 4.63. The summed E-state index contributed by atoms with van der Waals surface area (Å²) < 4.78 is 0. The largest absolute Gasteiger partial charge is 0.351 e. The first kappa shape index (κ1) is 16.1. The quantitative estimate of drug-likeness (QED) is 0.516. The molecule has 1 aliphatic rings. The average molecular weight is 322 g/mol. The second kappa shape index (κ2) is 8.15. The number of nitrogens with one attached hydrogen (secondary N) is 2. The summed E-state index contributed by atoms with van der Waals surface area (Å²) in [6.45, 7) is 1.72. The van der Waals surface area contributed by atoms with E-state index in [1.54, 1.807) is 0 Å². The Kier molecular flexibility index (Phi) is 5.45. The van der Waals surface area contributed by atoms with Gasteiger partial charge in [0.25, 0.3) is 5.91 Å². The van der Waals surface area contributed by atoms with Crippen LogP contribution in [0.25, 0.3) is 0 Å². The lowest BCUT2D eigenvalue weighted by Crippen LogP contribution is -2.43. The van der Waals surface area contributed by atoms with Crippen molar-refractivity contribution in [3.63, 3.8) is 0 Å². The number of carbonyl (C=O) groups is 1. The number of hydrazone groups is 1. The van der Waals surface area contributed by atoms with Gasteiger partial charge >= 0.3 is 0 Å². The fourth-order valence-electron chi connectivity index (χ4n) is 2.71. The van der Waals surface area contributed by atoms with Gasteiger partial charge in [-0.2, -0.15) is 5.10 Å². The maximum Gasteiger partial charge on any atom is 0.293 e. The molecule has 1 fully saturated rings. The Morgan fingerprint density at radius 2 is 1.42 bits per heavy atom. The van der Waals surface area contributed by atoms with Gasteiger partial charge in [0.1, 0.15) is 0 Å². The van der Waals surface area contributed by atoms with Gasteiger partial charge in [0.2, 0.25) is 5.84 Å². The minimum Gasteiger partial charge on any atom is -0.351 e. The predicted octanol–water partition coefficient (Wildman–Crippen LogP) is 3.54. The molecule has 3 rings (SSSR count). The Morgan fingerprint density at radius 3 is 2.04 bits per heavy atom. The zero-order valence-electron chi connectivity index (χ0n) is 13.6. The molecule has 2 N–H and O–H groups in total. The Hall–Kier alpha value is -2.82. The molecule has 0 aliphatic carbocycles. The fourth-order valence-corrected chi connectivity index (χ4v) is 2.71. The molecule has 5 heteroatoms. The van der Waals surface area contributed by atoms with Gasteiger partial charge in [-0.3, -0.25) is 10.2 Å². The van der Waals surface area contributed by atoms with Crippen molar-refractivity contribution in [3.8, 4) is 0 Å². The van der Waals surface area contributed by atoms with Gasteiger partial charge in [0, 0.05) is 18.8 Å². The highest BCUT2D eigenvalue weighted by Gasteiger charge is 2.22. The van der Waals surface area contributed by atoms with Crippen LogP contribution < -0.4 is 10.7 Å². The molecule has 1 heterocycles. The molecule has 1 amide bonds. The third kappa shape index (κ3) is 4.35. The summed E-state index contributed by atoms with van der Waals surface area (Å²) in [6, 6.07) is 19.1. The van der Waals surface area contributed by atoms with Crippen LogP contribution in [0.1, 0.15) is 19.3 Å². The topological polar surface area (TPSA) is 56.7 Å². The third-order valence-electron chi connectivity index (χ3n) is 3.96.